The lowest BCUT2D eigenvalue weighted by molar-refractivity contribution is -0.132. The molecule has 22 heavy (non-hydrogen) atoms. The Morgan fingerprint density at radius 2 is 2.27 bits per heavy atom. The molecule has 6 nitrogen and oxygen atoms in total. The first-order valence-corrected chi connectivity index (χ1v) is 7.42. The van der Waals surface area contributed by atoms with Gasteiger partial charge in [0.05, 0.1) is 23.6 Å². The van der Waals surface area contributed by atoms with Gasteiger partial charge in [-0.25, -0.2) is 4.98 Å². The van der Waals surface area contributed by atoms with E-state index in [1.165, 1.54) is 0 Å². The van der Waals surface area contributed by atoms with E-state index in [1.54, 1.807) is 12.1 Å². The first-order chi connectivity index (χ1) is 10.6. The molecular formula is C15H15ClN4O2. The van der Waals surface area contributed by atoms with Crippen molar-refractivity contribution in [3.8, 4) is 6.07 Å². The smallest absolute Gasteiger partial charge is 0.241 e. The number of aromatic nitrogens is 2. The SMILES string of the molecule is N#CC1(C(=O)NCc2nc3ccc(Cl)cc3[nH]2)CCOCC1. The van der Waals surface area contributed by atoms with Crippen LogP contribution in [0.2, 0.25) is 5.02 Å². The Balaban J connectivity index is 1.70. The van der Waals surface area contributed by atoms with Crippen LogP contribution >= 0.6 is 11.6 Å². The van der Waals surface area contributed by atoms with Gasteiger partial charge in [0.2, 0.25) is 5.91 Å². The fourth-order valence-corrected chi connectivity index (χ4v) is 2.73. The summed E-state index contributed by atoms with van der Waals surface area (Å²) in [6.07, 6.45) is 0.843. The summed E-state index contributed by atoms with van der Waals surface area (Å²) in [4.78, 5) is 19.8. The van der Waals surface area contributed by atoms with Gasteiger partial charge in [0.25, 0.3) is 0 Å². The lowest BCUT2D eigenvalue weighted by atomic mass is 9.81. The summed E-state index contributed by atoms with van der Waals surface area (Å²) in [5.41, 5.74) is 0.612. The molecular weight excluding hydrogens is 304 g/mol. The molecule has 0 bridgehead atoms. The molecule has 0 radical (unpaired) electrons. The number of H-pyrrole nitrogens is 1. The number of carbonyl (C=O) groups is 1. The summed E-state index contributed by atoms with van der Waals surface area (Å²) in [7, 11) is 0. The van der Waals surface area contributed by atoms with Crippen LogP contribution in [-0.2, 0) is 16.1 Å². The number of fused-ring (bicyclic) bond motifs is 1. The zero-order valence-electron chi connectivity index (χ0n) is 11.9. The number of nitrogens with zero attached hydrogens (tertiary/aromatic N) is 2. The van der Waals surface area contributed by atoms with E-state index >= 15 is 0 Å². The lowest BCUT2D eigenvalue weighted by Gasteiger charge is -2.29. The molecule has 2 aromatic rings. The molecule has 2 N–H and O–H groups in total. The van der Waals surface area contributed by atoms with E-state index in [9.17, 15) is 10.1 Å². The summed E-state index contributed by atoms with van der Waals surface area (Å²) in [5, 5.41) is 12.8. The van der Waals surface area contributed by atoms with Crippen LogP contribution in [-0.4, -0.2) is 29.1 Å². The van der Waals surface area contributed by atoms with Gasteiger partial charge in [0.15, 0.2) is 0 Å². The molecule has 0 aliphatic carbocycles. The highest BCUT2D eigenvalue weighted by Gasteiger charge is 2.40. The molecule has 1 aliphatic heterocycles. The minimum absolute atomic E-state index is 0.245. The second-order valence-electron chi connectivity index (χ2n) is 5.33. The van der Waals surface area contributed by atoms with Crippen molar-refractivity contribution in [3.63, 3.8) is 0 Å². The molecule has 0 saturated carbocycles. The lowest BCUT2D eigenvalue weighted by Crippen LogP contribution is -2.43. The van der Waals surface area contributed by atoms with Gasteiger partial charge in [-0.05, 0) is 31.0 Å². The predicted molar refractivity (Wildman–Crippen MR) is 81.0 cm³/mol. The number of nitrogens with one attached hydrogen (secondary N) is 2. The molecule has 1 fully saturated rings. The monoisotopic (exact) mass is 318 g/mol. The van der Waals surface area contributed by atoms with E-state index in [0.29, 0.717) is 36.9 Å². The fourth-order valence-electron chi connectivity index (χ4n) is 2.56. The molecule has 1 aliphatic rings. The minimum atomic E-state index is -0.992. The van der Waals surface area contributed by atoms with Crippen molar-refractivity contribution >= 4 is 28.5 Å². The number of imidazole rings is 1. The highest BCUT2D eigenvalue weighted by molar-refractivity contribution is 6.31. The standard InChI is InChI=1S/C15H15ClN4O2/c16-10-1-2-11-12(7-10)20-13(19-11)8-18-14(21)15(9-17)3-5-22-6-4-15/h1-2,7H,3-6,8H2,(H,18,21)(H,19,20). The third-order valence-electron chi connectivity index (χ3n) is 3.90. The average Bonchev–Trinajstić information content (AvgIpc) is 2.95. The van der Waals surface area contributed by atoms with Crippen LogP contribution in [0.1, 0.15) is 18.7 Å². The first-order valence-electron chi connectivity index (χ1n) is 7.04. The summed E-state index contributed by atoms with van der Waals surface area (Å²) in [6.45, 7) is 1.11. The molecule has 1 amide bonds. The van der Waals surface area contributed by atoms with Gasteiger partial charge in [-0.2, -0.15) is 5.26 Å². The van der Waals surface area contributed by atoms with Crippen LogP contribution in [0.15, 0.2) is 18.2 Å². The number of rotatable bonds is 3. The largest absolute Gasteiger partial charge is 0.381 e. The number of nitriles is 1. The summed E-state index contributed by atoms with van der Waals surface area (Å²) in [5.74, 6) is 0.363. The second kappa shape index (κ2) is 5.95. The quantitative estimate of drug-likeness (QED) is 0.907. The van der Waals surface area contributed by atoms with Gasteiger partial charge in [-0.15, -0.1) is 0 Å². The van der Waals surface area contributed by atoms with Crippen LogP contribution in [0.4, 0.5) is 0 Å². The highest BCUT2D eigenvalue weighted by Crippen LogP contribution is 2.30. The highest BCUT2D eigenvalue weighted by atomic mass is 35.5. The number of benzene rings is 1. The van der Waals surface area contributed by atoms with E-state index in [2.05, 4.69) is 21.4 Å². The maximum Gasteiger partial charge on any atom is 0.241 e. The Morgan fingerprint density at radius 3 is 3.00 bits per heavy atom. The van der Waals surface area contributed by atoms with E-state index < -0.39 is 5.41 Å². The Hall–Kier alpha value is -2.10. The van der Waals surface area contributed by atoms with Gasteiger partial charge < -0.3 is 15.0 Å². The van der Waals surface area contributed by atoms with E-state index in [0.717, 1.165) is 11.0 Å². The summed E-state index contributed by atoms with van der Waals surface area (Å²) < 4.78 is 5.23. The second-order valence-corrected chi connectivity index (χ2v) is 5.77. The zero-order chi connectivity index (χ0) is 15.6. The molecule has 114 valence electrons. The van der Waals surface area contributed by atoms with Gasteiger partial charge in [-0.1, -0.05) is 11.6 Å². The molecule has 1 aromatic heterocycles. The van der Waals surface area contributed by atoms with Crippen molar-refractivity contribution in [2.75, 3.05) is 13.2 Å². The number of hydrogen-bond acceptors (Lipinski definition) is 4. The number of aromatic amines is 1. The minimum Gasteiger partial charge on any atom is -0.381 e. The maximum atomic E-state index is 12.3. The molecule has 2 heterocycles. The van der Waals surface area contributed by atoms with Crippen molar-refractivity contribution < 1.29 is 9.53 Å². The van der Waals surface area contributed by atoms with Crippen molar-refractivity contribution in [1.29, 1.82) is 5.26 Å². The van der Waals surface area contributed by atoms with Gasteiger partial charge in [0.1, 0.15) is 11.2 Å². The summed E-state index contributed by atoms with van der Waals surface area (Å²) in [6, 6.07) is 7.51. The van der Waals surface area contributed by atoms with Gasteiger partial charge in [-0.3, -0.25) is 4.79 Å². The van der Waals surface area contributed by atoms with Crippen LogP contribution in [0.5, 0.6) is 0 Å². The number of amides is 1. The Kier molecular flexibility index (Phi) is 4.01. The number of ether oxygens (including phenoxy) is 1. The Bertz CT molecular complexity index is 744. The van der Waals surface area contributed by atoms with Crippen molar-refractivity contribution in [2.45, 2.75) is 19.4 Å². The van der Waals surface area contributed by atoms with Crippen LogP contribution < -0.4 is 5.32 Å². The number of hydrogen-bond donors (Lipinski definition) is 2. The van der Waals surface area contributed by atoms with E-state index in [-0.39, 0.29) is 12.5 Å². The van der Waals surface area contributed by atoms with Crippen molar-refractivity contribution in [1.82, 2.24) is 15.3 Å². The molecule has 0 atom stereocenters. The molecule has 3 rings (SSSR count). The average molecular weight is 319 g/mol. The van der Waals surface area contributed by atoms with E-state index in [4.69, 9.17) is 16.3 Å². The first kappa shape index (κ1) is 14.8. The third kappa shape index (κ3) is 2.78. The Morgan fingerprint density at radius 1 is 1.50 bits per heavy atom. The third-order valence-corrected chi connectivity index (χ3v) is 4.14. The molecule has 1 aromatic carbocycles. The predicted octanol–water partition coefficient (Wildman–Crippen LogP) is 2.15. The van der Waals surface area contributed by atoms with Crippen LogP contribution in [0.3, 0.4) is 0 Å². The normalized spacial score (nSPS) is 17.1. The summed E-state index contributed by atoms with van der Waals surface area (Å²) >= 11 is 5.93. The van der Waals surface area contributed by atoms with Gasteiger partial charge >= 0.3 is 0 Å². The molecule has 0 spiro atoms. The molecule has 1 saturated heterocycles. The van der Waals surface area contributed by atoms with Crippen molar-refractivity contribution in [3.05, 3.63) is 29.0 Å². The fraction of sp³-hybridized carbons (Fsp3) is 0.400. The molecule has 7 heteroatoms. The maximum absolute atomic E-state index is 12.3. The van der Waals surface area contributed by atoms with E-state index in [1.807, 2.05) is 6.07 Å². The molecule has 0 unspecified atom stereocenters. The zero-order valence-corrected chi connectivity index (χ0v) is 12.6. The van der Waals surface area contributed by atoms with Crippen molar-refractivity contribution in [2.24, 2.45) is 5.41 Å². The van der Waals surface area contributed by atoms with Crippen LogP contribution in [0, 0.1) is 16.7 Å². The Labute approximate surface area is 132 Å². The van der Waals surface area contributed by atoms with Gasteiger partial charge in [0, 0.05) is 18.2 Å². The number of halogens is 1. The number of carbonyl (C=O) groups excluding carboxylic acids is 1. The topological polar surface area (TPSA) is 90.8 Å². The van der Waals surface area contributed by atoms with Crippen LogP contribution in [0.25, 0.3) is 11.0 Å².